The molecule has 0 saturated carbocycles. The minimum absolute atomic E-state index is 0.0414. The third kappa shape index (κ3) is 5.66. The molecular weight excluding hydrogens is 404 g/mol. The number of carbonyl (C=O) groups excluding carboxylic acids is 2. The van der Waals surface area contributed by atoms with Crippen LogP contribution in [0, 0.1) is 0 Å². The quantitative estimate of drug-likeness (QED) is 0.496. The molecule has 4 rings (SSSR count). The summed E-state index contributed by atoms with van der Waals surface area (Å²) in [5.74, 6) is 0.739. The molecule has 3 aromatic carbocycles. The van der Waals surface area contributed by atoms with E-state index in [1.54, 1.807) is 9.80 Å². The molecule has 0 spiro atoms. The van der Waals surface area contributed by atoms with Gasteiger partial charge in [0, 0.05) is 18.7 Å². The molecule has 1 aliphatic rings. The highest BCUT2D eigenvalue weighted by atomic mass is 16.6. The molecule has 1 fully saturated rings. The van der Waals surface area contributed by atoms with Crippen LogP contribution in [-0.2, 0) is 22.7 Å². The number of benzene rings is 3. The smallest absolute Gasteiger partial charge is 0.409 e. The standard InChI is InChI=1S/C26H26N2O4/c29-25(15-16-27-17-18-31-26(27)30)28(23-9-5-2-6-10-23)19-21-11-13-24(14-12-21)32-20-22-7-3-1-4-8-22/h1-14H,15-20H2. The van der Waals surface area contributed by atoms with E-state index in [-0.39, 0.29) is 18.4 Å². The van der Waals surface area contributed by atoms with Crippen molar-refractivity contribution in [1.29, 1.82) is 0 Å². The van der Waals surface area contributed by atoms with Crippen molar-refractivity contribution < 1.29 is 19.1 Å². The summed E-state index contributed by atoms with van der Waals surface area (Å²) in [6.45, 7) is 2.21. The fourth-order valence-corrected chi connectivity index (χ4v) is 3.54. The first-order valence-corrected chi connectivity index (χ1v) is 10.7. The van der Waals surface area contributed by atoms with Crippen LogP contribution in [0.15, 0.2) is 84.9 Å². The van der Waals surface area contributed by atoms with E-state index in [9.17, 15) is 9.59 Å². The average molecular weight is 431 g/mol. The predicted molar refractivity (Wildman–Crippen MR) is 122 cm³/mol. The van der Waals surface area contributed by atoms with Crippen LogP contribution >= 0.6 is 0 Å². The Bertz CT molecular complexity index is 1020. The topological polar surface area (TPSA) is 59.1 Å². The highest BCUT2D eigenvalue weighted by Crippen LogP contribution is 2.21. The maximum atomic E-state index is 13.1. The van der Waals surface area contributed by atoms with Crippen LogP contribution in [0.25, 0.3) is 0 Å². The third-order valence-electron chi connectivity index (χ3n) is 5.32. The predicted octanol–water partition coefficient (Wildman–Crippen LogP) is 4.64. The van der Waals surface area contributed by atoms with Crippen molar-refractivity contribution in [2.24, 2.45) is 0 Å². The number of para-hydroxylation sites is 1. The van der Waals surface area contributed by atoms with Gasteiger partial charge in [-0.1, -0.05) is 60.7 Å². The van der Waals surface area contributed by atoms with Gasteiger partial charge in [-0.2, -0.15) is 0 Å². The number of carbonyl (C=O) groups is 2. The Kier molecular flexibility index (Phi) is 7.02. The van der Waals surface area contributed by atoms with Crippen LogP contribution in [-0.4, -0.2) is 36.6 Å². The number of hydrogen-bond donors (Lipinski definition) is 0. The van der Waals surface area contributed by atoms with E-state index < -0.39 is 0 Å². The van der Waals surface area contributed by atoms with Crippen molar-refractivity contribution in [2.45, 2.75) is 19.6 Å². The van der Waals surface area contributed by atoms with Crippen LogP contribution in [0.5, 0.6) is 5.75 Å². The third-order valence-corrected chi connectivity index (χ3v) is 5.32. The SMILES string of the molecule is O=C1OCCN1CCC(=O)N(Cc1ccc(OCc2ccccc2)cc1)c1ccccc1. The highest BCUT2D eigenvalue weighted by molar-refractivity contribution is 5.93. The minimum Gasteiger partial charge on any atom is -0.489 e. The van der Waals surface area contributed by atoms with Crippen LogP contribution in [0.4, 0.5) is 10.5 Å². The molecule has 1 saturated heterocycles. The molecule has 0 atom stereocenters. The number of cyclic esters (lactones) is 1. The fourth-order valence-electron chi connectivity index (χ4n) is 3.54. The normalized spacial score (nSPS) is 13.0. The number of amides is 2. The van der Waals surface area contributed by atoms with Gasteiger partial charge in [-0.25, -0.2) is 4.79 Å². The van der Waals surface area contributed by atoms with Crippen LogP contribution in [0.2, 0.25) is 0 Å². The Balaban J connectivity index is 1.40. The van der Waals surface area contributed by atoms with E-state index >= 15 is 0 Å². The molecule has 164 valence electrons. The van der Waals surface area contributed by atoms with Gasteiger partial charge in [0.2, 0.25) is 5.91 Å². The summed E-state index contributed by atoms with van der Waals surface area (Å²) in [5.41, 5.74) is 2.93. The van der Waals surface area contributed by atoms with Gasteiger partial charge in [0.25, 0.3) is 0 Å². The van der Waals surface area contributed by atoms with Crippen LogP contribution < -0.4 is 9.64 Å². The summed E-state index contributed by atoms with van der Waals surface area (Å²) >= 11 is 0. The molecule has 1 aliphatic heterocycles. The molecule has 0 N–H and O–H groups in total. The number of anilines is 1. The molecule has 3 aromatic rings. The first-order chi connectivity index (χ1) is 15.7. The maximum absolute atomic E-state index is 13.1. The van der Waals surface area contributed by atoms with Gasteiger partial charge in [0.1, 0.15) is 19.0 Å². The minimum atomic E-state index is -0.352. The lowest BCUT2D eigenvalue weighted by Gasteiger charge is -2.24. The first-order valence-electron chi connectivity index (χ1n) is 10.7. The number of rotatable bonds is 9. The van der Waals surface area contributed by atoms with Crippen LogP contribution in [0.1, 0.15) is 17.5 Å². The van der Waals surface area contributed by atoms with Crippen molar-refractivity contribution in [1.82, 2.24) is 4.90 Å². The van der Waals surface area contributed by atoms with Crippen LogP contribution in [0.3, 0.4) is 0 Å². The molecule has 1 heterocycles. The lowest BCUT2D eigenvalue weighted by molar-refractivity contribution is -0.118. The molecule has 0 aliphatic carbocycles. The summed E-state index contributed by atoms with van der Waals surface area (Å²) in [6.07, 6.45) is -0.113. The first kappa shape index (κ1) is 21.4. The largest absolute Gasteiger partial charge is 0.489 e. The maximum Gasteiger partial charge on any atom is 0.409 e. The Hall–Kier alpha value is -3.80. The average Bonchev–Trinajstić information content (AvgIpc) is 3.26. The zero-order valence-electron chi connectivity index (χ0n) is 17.9. The second-order valence-electron chi connectivity index (χ2n) is 7.59. The molecule has 6 nitrogen and oxygen atoms in total. The number of hydrogen-bond acceptors (Lipinski definition) is 4. The van der Waals surface area contributed by atoms with Gasteiger partial charge in [0.05, 0.1) is 13.1 Å². The van der Waals surface area contributed by atoms with Crippen molar-refractivity contribution in [3.05, 3.63) is 96.1 Å². The lowest BCUT2D eigenvalue weighted by Crippen LogP contribution is -2.34. The van der Waals surface area contributed by atoms with E-state index in [1.807, 2.05) is 84.9 Å². The molecule has 0 bridgehead atoms. The highest BCUT2D eigenvalue weighted by Gasteiger charge is 2.24. The Morgan fingerprint density at radius 2 is 1.59 bits per heavy atom. The lowest BCUT2D eigenvalue weighted by atomic mass is 10.1. The monoisotopic (exact) mass is 430 g/mol. The second-order valence-corrected chi connectivity index (χ2v) is 7.59. The Labute approximate surface area is 188 Å². The van der Waals surface area contributed by atoms with Gasteiger partial charge in [-0.3, -0.25) is 4.79 Å². The van der Waals surface area contributed by atoms with Crippen molar-refractivity contribution in [2.75, 3.05) is 24.6 Å². The zero-order chi connectivity index (χ0) is 22.2. The van der Waals surface area contributed by atoms with E-state index in [4.69, 9.17) is 9.47 Å². The van der Waals surface area contributed by atoms with E-state index in [2.05, 4.69) is 0 Å². The van der Waals surface area contributed by atoms with Crippen molar-refractivity contribution in [3.8, 4) is 5.75 Å². The fraction of sp³-hybridized carbons (Fsp3) is 0.231. The summed E-state index contributed by atoms with van der Waals surface area (Å²) < 4.78 is 10.8. The molecule has 6 heteroatoms. The molecular formula is C26H26N2O4. The van der Waals surface area contributed by atoms with E-state index in [0.717, 1.165) is 22.6 Å². The Morgan fingerprint density at radius 3 is 2.25 bits per heavy atom. The second kappa shape index (κ2) is 10.5. The number of ether oxygens (including phenoxy) is 2. The summed E-state index contributed by atoms with van der Waals surface area (Å²) in [4.78, 5) is 28.0. The molecule has 2 amide bonds. The van der Waals surface area contributed by atoms with Gasteiger partial charge >= 0.3 is 6.09 Å². The molecule has 0 unspecified atom stereocenters. The molecule has 0 aromatic heterocycles. The van der Waals surface area contributed by atoms with Gasteiger partial charge in [0.15, 0.2) is 0 Å². The molecule has 32 heavy (non-hydrogen) atoms. The van der Waals surface area contributed by atoms with Gasteiger partial charge in [-0.05, 0) is 35.4 Å². The van der Waals surface area contributed by atoms with E-state index in [1.165, 1.54) is 0 Å². The molecule has 0 radical (unpaired) electrons. The summed E-state index contributed by atoms with van der Waals surface area (Å²) in [5, 5.41) is 0. The zero-order valence-corrected chi connectivity index (χ0v) is 17.9. The number of nitrogens with zero attached hydrogens (tertiary/aromatic N) is 2. The summed E-state index contributed by atoms with van der Waals surface area (Å²) in [7, 11) is 0. The van der Waals surface area contributed by atoms with Crippen molar-refractivity contribution >= 4 is 17.7 Å². The van der Waals surface area contributed by atoms with Crippen molar-refractivity contribution in [3.63, 3.8) is 0 Å². The van der Waals surface area contributed by atoms with Gasteiger partial charge in [-0.15, -0.1) is 0 Å². The summed E-state index contributed by atoms with van der Waals surface area (Å²) in [6, 6.07) is 27.4. The van der Waals surface area contributed by atoms with E-state index in [0.29, 0.717) is 32.8 Å². The Morgan fingerprint density at radius 1 is 0.906 bits per heavy atom. The van der Waals surface area contributed by atoms with Gasteiger partial charge < -0.3 is 19.3 Å².